The monoisotopic (exact) mass is 518 g/mol. The Balaban J connectivity index is 0.00000612. The van der Waals surface area contributed by atoms with E-state index in [-0.39, 0.29) is 16.5 Å². The Hall–Kier alpha value is -1.73. The maximum Gasteiger partial charge on any atom is 0.0639 e. The van der Waals surface area contributed by atoms with Gasteiger partial charge in [0.1, 0.15) is 0 Å². The van der Waals surface area contributed by atoms with E-state index in [1.165, 1.54) is 65.8 Å². The van der Waals surface area contributed by atoms with Gasteiger partial charge < -0.3 is 0 Å². The summed E-state index contributed by atoms with van der Waals surface area (Å²) in [7, 11) is 0. The van der Waals surface area contributed by atoms with Crippen molar-refractivity contribution in [2.24, 2.45) is 9.98 Å². The molecule has 0 bridgehead atoms. The fraction of sp³-hybridized carbons (Fsp3) is 0.562. The van der Waals surface area contributed by atoms with Crippen LogP contribution in [-0.4, -0.2) is 11.4 Å². The predicted molar refractivity (Wildman–Crippen MR) is 153 cm³/mol. The van der Waals surface area contributed by atoms with E-state index in [9.17, 15) is 0 Å². The molecule has 2 aromatic carbocycles. The Kier molecular flexibility index (Phi) is 15.8. The average molecular weight is 519 g/mol. The number of nitrogens with zero attached hydrogens (tertiary/aromatic N) is 2. The number of aryl methyl sites for hydroxylation is 4. The maximum absolute atomic E-state index is 5.29. The Morgan fingerprint density at radius 3 is 1.20 bits per heavy atom. The fourth-order valence-corrected chi connectivity index (χ4v) is 4.34. The summed E-state index contributed by atoms with van der Waals surface area (Å²) in [6, 6.07) is 13.7. The van der Waals surface area contributed by atoms with Crippen molar-refractivity contribution in [2.45, 2.75) is 119 Å². The number of aliphatic imine (C=N–C) groups is 2. The number of hydrogen-bond donors (Lipinski definition) is 0. The molecule has 0 aromatic heterocycles. The van der Waals surface area contributed by atoms with Crippen molar-refractivity contribution >= 4 is 22.8 Å². The second-order valence-corrected chi connectivity index (χ2v) is 9.46. The van der Waals surface area contributed by atoms with Gasteiger partial charge in [-0.15, -0.1) is 0 Å². The van der Waals surface area contributed by atoms with Gasteiger partial charge in [0.05, 0.1) is 22.8 Å². The van der Waals surface area contributed by atoms with Crippen molar-refractivity contribution in [3.63, 3.8) is 0 Å². The van der Waals surface area contributed by atoms with Gasteiger partial charge in [-0.2, -0.15) is 0 Å². The molecule has 2 rings (SSSR count). The molecule has 0 heterocycles. The average Bonchev–Trinajstić information content (AvgIpc) is 2.87. The molecule has 0 saturated carbocycles. The molecule has 0 amide bonds. The van der Waals surface area contributed by atoms with Gasteiger partial charge >= 0.3 is 0 Å². The first-order chi connectivity index (χ1) is 16.6. The van der Waals surface area contributed by atoms with Crippen LogP contribution in [0.4, 0.5) is 11.4 Å². The summed E-state index contributed by atoms with van der Waals surface area (Å²) < 4.78 is 0. The molecular weight excluding hydrogens is 471 g/mol. The van der Waals surface area contributed by atoms with Crippen molar-refractivity contribution in [3.8, 4) is 0 Å². The van der Waals surface area contributed by atoms with Crippen molar-refractivity contribution in [2.75, 3.05) is 0 Å². The molecule has 0 N–H and O–H groups in total. The van der Waals surface area contributed by atoms with E-state index in [0.717, 1.165) is 56.3 Å². The van der Waals surface area contributed by atoms with Gasteiger partial charge in [0.15, 0.2) is 0 Å². The number of benzene rings is 2. The molecule has 0 spiro atoms. The van der Waals surface area contributed by atoms with E-state index in [2.05, 4.69) is 77.9 Å². The molecule has 3 heteroatoms. The SMILES string of the molecule is CCCCCCC(=N\c1cc(CC)cc(CC)c1)/C(CCCC)=N/c1cc(CC)cc(CC)c1.[Ni]. The summed E-state index contributed by atoms with van der Waals surface area (Å²) in [6.45, 7) is 13.5. The van der Waals surface area contributed by atoms with Crippen LogP contribution in [0.1, 0.15) is 115 Å². The van der Waals surface area contributed by atoms with Gasteiger partial charge in [-0.1, -0.05) is 79.4 Å². The Morgan fingerprint density at radius 2 is 0.857 bits per heavy atom. The molecule has 2 aromatic rings. The molecule has 0 radical (unpaired) electrons. The van der Waals surface area contributed by atoms with Crippen LogP contribution in [0, 0.1) is 0 Å². The molecular formula is C32H48N2Ni. The van der Waals surface area contributed by atoms with E-state index in [1.54, 1.807) is 0 Å². The normalized spacial score (nSPS) is 12.1. The van der Waals surface area contributed by atoms with Crippen LogP contribution < -0.4 is 0 Å². The van der Waals surface area contributed by atoms with E-state index >= 15 is 0 Å². The first-order valence-corrected chi connectivity index (χ1v) is 14.0. The molecule has 0 aliphatic heterocycles. The van der Waals surface area contributed by atoms with Crippen molar-refractivity contribution in [1.82, 2.24) is 0 Å². The van der Waals surface area contributed by atoms with Crippen molar-refractivity contribution in [1.29, 1.82) is 0 Å². The summed E-state index contributed by atoms with van der Waals surface area (Å²) in [5.74, 6) is 0. The topological polar surface area (TPSA) is 24.7 Å². The molecule has 196 valence electrons. The van der Waals surface area contributed by atoms with Gasteiger partial charge in [-0.05, 0) is 97.9 Å². The van der Waals surface area contributed by atoms with Gasteiger partial charge in [0.2, 0.25) is 0 Å². The number of unbranched alkanes of at least 4 members (excludes halogenated alkanes) is 4. The zero-order valence-electron chi connectivity index (χ0n) is 23.2. The minimum Gasteiger partial charge on any atom is -0.252 e. The molecule has 0 aliphatic rings. The Morgan fingerprint density at radius 1 is 0.486 bits per heavy atom. The molecule has 0 atom stereocenters. The largest absolute Gasteiger partial charge is 0.252 e. The van der Waals surface area contributed by atoms with Crippen LogP contribution in [-0.2, 0) is 42.2 Å². The number of hydrogen-bond acceptors (Lipinski definition) is 2. The first-order valence-electron chi connectivity index (χ1n) is 14.0. The quantitative estimate of drug-likeness (QED) is 0.127. The van der Waals surface area contributed by atoms with Gasteiger partial charge in [0.25, 0.3) is 0 Å². The van der Waals surface area contributed by atoms with E-state index in [0.29, 0.717) is 0 Å². The summed E-state index contributed by atoms with van der Waals surface area (Å²) in [5, 5.41) is 0. The van der Waals surface area contributed by atoms with Crippen molar-refractivity contribution < 1.29 is 16.5 Å². The van der Waals surface area contributed by atoms with Crippen LogP contribution in [0.5, 0.6) is 0 Å². The minimum absolute atomic E-state index is 0. The zero-order valence-corrected chi connectivity index (χ0v) is 24.1. The third-order valence-electron chi connectivity index (χ3n) is 6.60. The molecule has 35 heavy (non-hydrogen) atoms. The molecule has 0 fully saturated rings. The number of rotatable bonds is 15. The Bertz CT molecular complexity index is 898. The van der Waals surface area contributed by atoms with E-state index in [4.69, 9.17) is 9.98 Å². The second-order valence-electron chi connectivity index (χ2n) is 9.46. The van der Waals surface area contributed by atoms with Crippen LogP contribution >= 0.6 is 0 Å². The van der Waals surface area contributed by atoms with Gasteiger partial charge in [0, 0.05) is 16.5 Å². The first kappa shape index (κ1) is 31.3. The molecule has 0 aliphatic carbocycles. The predicted octanol–water partition coefficient (Wildman–Crippen LogP) is 9.94. The van der Waals surface area contributed by atoms with Crippen molar-refractivity contribution in [3.05, 3.63) is 58.7 Å². The third kappa shape index (κ3) is 10.8. The summed E-state index contributed by atoms with van der Waals surface area (Å²) >= 11 is 0. The third-order valence-corrected chi connectivity index (χ3v) is 6.60. The molecule has 2 nitrogen and oxygen atoms in total. The Labute approximate surface area is 226 Å². The van der Waals surface area contributed by atoms with Crippen LogP contribution in [0.15, 0.2) is 46.4 Å². The summed E-state index contributed by atoms with van der Waals surface area (Å²) in [6.07, 6.45) is 13.5. The second kappa shape index (κ2) is 17.7. The van der Waals surface area contributed by atoms with E-state index in [1.807, 2.05) is 0 Å². The van der Waals surface area contributed by atoms with E-state index < -0.39 is 0 Å². The zero-order chi connectivity index (χ0) is 24.8. The smallest absolute Gasteiger partial charge is 0.0639 e. The maximum atomic E-state index is 5.29. The minimum atomic E-state index is 0. The van der Waals surface area contributed by atoms with Crippen LogP contribution in [0.2, 0.25) is 0 Å². The van der Waals surface area contributed by atoms with Gasteiger partial charge in [-0.25, -0.2) is 0 Å². The van der Waals surface area contributed by atoms with Crippen LogP contribution in [0.3, 0.4) is 0 Å². The summed E-state index contributed by atoms with van der Waals surface area (Å²) in [5.41, 5.74) is 10.1. The summed E-state index contributed by atoms with van der Waals surface area (Å²) in [4.78, 5) is 10.6. The standard InChI is InChI=1S/C32H48N2.Ni/c1-7-13-15-16-18-32(34-30-23-27(11-5)20-28(12-6)24-30)31(17-14-8-2)33-29-21-25(9-3)19-26(10-4)22-29;/h19-24H,7-18H2,1-6H3;/b33-31+,34-32+;. The molecule has 0 unspecified atom stereocenters. The van der Waals surface area contributed by atoms with Gasteiger partial charge in [-0.3, -0.25) is 9.98 Å². The molecule has 0 saturated heterocycles. The fourth-order valence-electron chi connectivity index (χ4n) is 4.34. The van der Waals surface area contributed by atoms with Crippen LogP contribution in [0.25, 0.3) is 0 Å².